The van der Waals surface area contributed by atoms with Crippen molar-refractivity contribution in [3.8, 4) is 0 Å². The molecule has 1 amide bonds. The second-order valence-electron chi connectivity index (χ2n) is 5.76. The van der Waals surface area contributed by atoms with E-state index in [0.29, 0.717) is 5.92 Å². The molecule has 2 heterocycles. The zero-order valence-corrected chi connectivity index (χ0v) is 12.0. The van der Waals surface area contributed by atoms with E-state index < -0.39 is 0 Å². The van der Waals surface area contributed by atoms with Crippen LogP contribution in [0.3, 0.4) is 0 Å². The molecule has 4 heteroatoms. The van der Waals surface area contributed by atoms with E-state index in [9.17, 15) is 4.79 Å². The van der Waals surface area contributed by atoms with Crippen LogP contribution in [0.4, 0.5) is 5.69 Å². The Balaban J connectivity index is 1.72. The predicted octanol–water partition coefficient (Wildman–Crippen LogP) is 2.15. The Kier molecular flexibility index (Phi) is 3.92. The second-order valence-corrected chi connectivity index (χ2v) is 5.76. The van der Waals surface area contributed by atoms with E-state index in [1.54, 1.807) is 7.11 Å². The molecule has 4 nitrogen and oxygen atoms in total. The summed E-state index contributed by atoms with van der Waals surface area (Å²) in [6.45, 7) is 3.41. The average Bonchev–Trinajstić information content (AvgIpc) is 2.94. The number of nitrogens with zero attached hydrogens (tertiary/aromatic N) is 1. The molecule has 2 aliphatic heterocycles. The van der Waals surface area contributed by atoms with Crippen molar-refractivity contribution >= 4 is 11.6 Å². The zero-order chi connectivity index (χ0) is 13.9. The van der Waals surface area contributed by atoms with Crippen LogP contribution in [-0.2, 0) is 11.2 Å². The van der Waals surface area contributed by atoms with Crippen LogP contribution in [0.15, 0.2) is 18.2 Å². The van der Waals surface area contributed by atoms with Crippen LogP contribution in [0.2, 0.25) is 0 Å². The third kappa shape index (κ3) is 2.66. The molecule has 3 rings (SSSR count). The van der Waals surface area contributed by atoms with Gasteiger partial charge in [0.2, 0.25) is 0 Å². The second kappa shape index (κ2) is 5.83. The largest absolute Gasteiger partial charge is 0.384 e. The number of hydrogen-bond acceptors (Lipinski definition) is 3. The molecule has 0 spiro atoms. The lowest BCUT2D eigenvalue weighted by Gasteiger charge is -2.32. The van der Waals surface area contributed by atoms with Gasteiger partial charge in [0, 0.05) is 38.0 Å². The Labute approximate surface area is 120 Å². The van der Waals surface area contributed by atoms with E-state index >= 15 is 0 Å². The van der Waals surface area contributed by atoms with E-state index in [-0.39, 0.29) is 5.91 Å². The number of fused-ring (bicyclic) bond motifs is 1. The lowest BCUT2D eigenvalue weighted by Crippen LogP contribution is -2.41. The van der Waals surface area contributed by atoms with Crippen molar-refractivity contribution in [2.75, 3.05) is 38.7 Å². The van der Waals surface area contributed by atoms with Crippen LogP contribution in [-0.4, -0.2) is 44.2 Å². The van der Waals surface area contributed by atoms with Crippen molar-refractivity contribution in [2.45, 2.75) is 19.3 Å². The number of benzene rings is 1. The fraction of sp³-hybridized carbons (Fsp3) is 0.562. The van der Waals surface area contributed by atoms with Gasteiger partial charge in [-0.15, -0.1) is 0 Å². The number of nitrogens with one attached hydrogen (secondary N) is 1. The molecule has 0 bridgehead atoms. The van der Waals surface area contributed by atoms with Crippen LogP contribution < -0.4 is 5.32 Å². The molecule has 0 aromatic heterocycles. The minimum atomic E-state index is 0.155. The minimum Gasteiger partial charge on any atom is -0.384 e. The third-order valence-corrected chi connectivity index (χ3v) is 4.28. The maximum Gasteiger partial charge on any atom is 0.253 e. The fourth-order valence-electron chi connectivity index (χ4n) is 3.23. The van der Waals surface area contributed by atoms with Gasteiger partial charge in [0.25, 0.3) is 5.91 Å². The van der Waals surface area contributed by atoms with Crippen LogP contribution in [0.25, 0.3) is 0 Å². The molecule has 0 saturated carbocycles. The Hall–Kier alpha value is -1.55. The van der Waals surface area contributed by atoms with Crippen molar-refractivity contribution in [3.63, 3.8) is 0 Å². The lowest BCUT2D eigenvalue weighted by atomic mass is 9.98. The number of carbonyl (C=O) groups is 1. The number of amides is 1. The quantitative estimate of drug-likeness (QED) is 0.918. The smallest absolute Gasteiger partial charge is 0.253 e. The maximum atomic E-state index is 12.6. The topological polar surface area (TPSA) is 41.6 Å². The Morgan fingerprint density at radius 2 is 2.40 bits per heavy atom. The predicted molar refractivity (Wildman–Crippen MR) is 79.1 cm³/mol. The highest BCUT2D eigenvalue weighted by atomic mass is 16.5. The molecular formula is C16H22N2O2. The summed E-state index contributed by atoms with van der Waals surface area (Å²) in [5.74, 6) is 0.632. The Morgan fingerprint density at radius 3 is 3.25 bits per heavy atom. The van der Waals surface area contributed by atoms with Crippen molar-refractivity contribution in [1.82, 2.24) is 4.90 Å². The first-order valence-electron chi connectivity index (χ1n) is 7.43. The molecule has 1 unspecified atom stereocenters. The summed E-state index contributed by atoms with van der Waals surface area (Å²) in [4.78, 5) is 14.6. The highest BCUT2D eigenvalue weighted by Crippen LogP contribution is 2.25. The molecule has 108 valence electrons. The standard InChI is InChI=1S/C16H22N2O2/c1-20-11-12-3-2-8-18(10-12)16(19)14-5-4-13-6-7-17-15(13)9-14/h4-5,9,12,17H,2-3,6-8,10-11H2,1H3. The van der Waals surface area contributed by atoms with Gasteiger partial charge in [-0.1, -0.05) is 6.07 Å². The van der Waals surface area contributed by atoms with Crippen molar-refractivity contribution in [3.05, 3.63) is 29.3 Å². The van der Waals surface area contributed by atoms with Gasteiger partial charge in [0.1, 0.15) is 0 Å². The summed E-state index contributed by atoms with van der Waals surface area (Å²) < 4.78 is 5.23. The molecule has 2 aliphatic rings. The van der Waals surface area contributed by atoms with E-state index in [2.05, 4.69) is 11.4 Å². The summed E-state index contributed by atoms with van der Waals surface area (Å²) in [6, 6.07) is 6.05. The van der Waals surface area contributed by atoms with Gasteiger partial charge in [-0.25, -0.2) is 0 Å². The van der Waals surface area contributed by atoms with E-state index in [1.807, 2.05) is 17.0 Å². The van der Waals surface area contributed by atoms with Crippen LogP contribution in [0.1, 0.15) is 28.8 Å². The van der Waals surface area contributed by atoms with E-state index in [1.165, 1.54) is 5.56 Å². The van der Waals surface area contributed by atoms with Gasteiger partial charge in [-0.3, -0.25) is 4.79 Å². The summed E-state index contributed by atoms with van der Waals surface area (Å²) in [5.41, 5.74) is 3.25. The summed E-state index contributed by atoms with van der Waals surface area (Å²) >= 11 is 0. The van der Waals surface area contributed by atoms with Gasteiger partial charge in [-0.2, -0.15) is 0 Å². The molecule has 0 radical (unpaired) electrons. The van der Waals surface area contributed by atoms with Gasteiger partial charge < -0.3 is 15.0 Å². The summed E-state index contributed by atoms with van der Waals surface area (Å²) in [5, 5.41) is 3.34. The number of carbonyl (C=O) groups excluding carboxylic acids is 1. The fourth-order valence-corrected chi connectivity index (χ4v) is 3.23. The van der Waals surface area contributed by atoms with Gasteiger partial charge in [0.15, 0.2) is 0 Å². The number of hydrogen-bond donors (Lipinski definition) is 1. The number of methoxy groups -OCH3 is 1. The molecule has 0 aliphatic carbocycles. The molecule has 1 N–H and O–H groups in total. The van der Waals surface area contributed by atoms with Crippen LogP contribution in [0, 0.1) is 5.92 Å². The monoisotopic (exact) mass is 274 g/mol. The molecule has 1 saturated heterocycles. The molecule has 1 atom stereocenters. The Morgan fingerprint density at radius 1 is 1.50 bits per heavy atom. The number of likely N-dealkylation sites (tertiary alicyclic amines) is 1. The molecule has 1 fully saturated rings. The zero-order valence-electron chi connectivity index (χ0n) is 12.0. The third-order valence-electron chi connectivity index (χ3n) is 4.28. The highest BCUT2D eigenvalue weighted by Gasteiger charge is 2.25. The molecule has 1 aromatic carbocycles. The van der Waals surface area contributed by atoms with Gasteiger partial charge in [0.05, 0.1) is 6.61 Å². The normalized spacial score (nSPS) is 21.4. The van der Waals surface area contributed by atoms with Gasteiger partial charge >= 0.3 is 0 Å². The minimum absolute atomic E-state index is 0.155. The first-order valence-corrected chi connectivity index (χ1v) is 7.43. The van der Waals surface area contributed by atoms with Crippen molar-refractivity contribution in [2.24, 2.45) is 5.92 Å². The first-order chi connectivity index (χ1) is 9.78. The van der Waals surface area contributed by atoms with Crippen LogP contribution in [0.5, 0.6) is 0 Å². The lowest BCUT2D eigenvalue weighted by molar-refractivity contribution is 0.0571. The van der Waals surface area contributed by atoms with E-state index in [0.717, 1.165) is 56.8 Å². The van der Waals surface area contributed by atoms with E-state index in [4.69, 9.17) is 4.74 Å². The SMILES string of the molecule is COCC1CCCN(C(=O)c2ccc3c(c2)NCC3)C1. The van der Waals surface area contributed by atoms with Crippen molar-refractivity contribution < 1.29 is 9.53 Å². The van der Waals surface area contributed by atoms with Crippen molar-refractivity contribution in [1.29, 1.82) is 0 Å². The average molecular weight is 274 g/mol. The number of ether oxygens (including phenoxy) is 1. The first kappa shape index (κ1) is 13.4. The summed E-state index contributed by atoms with van der Waals surface area (Å²) in [7, 11) is 1.73. The van der Waals surface area contributed by atoms with Gasteiger partial charge in [-0.05, 0) is 42.9 Å². The summed E-state index contributed by atoms with van der Waals surface area (Å²) in [6.07, 6.45) is 3.29. The molecule has 20 heavy (non-hydrogen) atoms. The highest BCUT2D eigenvalue weighted by molar-refractivity contribution is 5.95. The number of piperidine rings is 1. The Bertz CT molecular complexity index is 499. The maximum absolute atomic E-state index is 12.6. The number of rotatable bonds is 3. The van der Waals surface area contributed by atoms with Crippen LogP contribution >= 0.6 is 0 Å². The molecule has 1 aromatic rings. The number of anilines is 1. The molecular weight excluding hydrogens is 252 g/mol.